The van der Waals surface area contributed by atoms with Crippen molar-refractivity contribution in [3.05, 3.63) is 36.3 Å². The lowest BCUT2D eigenvalue weighted by Gasteiger charge is -2.00. The molecule has 3 nitrogen and oxygen atoms in total. The Hall–Kier alpha value is -1.90. The fraction of sp³-hybridized carbons (Fsp3) is 0.0909. The molecule has 14 heavy (non-hydrogen) atoms. The molecular weight excluding hydrogens is 174 g/mol. The summed E-state index contributed by atoms with van der Waals surface area (Å²) in [6, 6.07) is 6.19. The van der Waals surface area contributed by atoms with Gasteiger partial charge in [0.15, 0.2) is 0 Å². The number of fused-ring (bicyclic) bond motifs is 3. The summed E-state index contributed by atoms with van der Waals surface area (Å²) in [6.07, 6.45) is 3.52. The maximum absolute atomic E-state index is 4.27. The van der Waals surface area contributed by atoms with E-state index in [2.05, 4.69) is 34.0 Å². The van der Waals surface area contributed by atoms with Crippen molar-refractivity contribution >= 4 is 21.9 Å². The van der Waals surface area contributed by atoms with Crippen molar-refractivity contribution < 1.29 is 0 Å². The highest BCUT2D eigenvalue weighted by Gasteiger charge is 2.05. The van der Waals surface area contributed by atoms with Gasteiger partial charge in [-0.15, -0.1) is 0 Å². The lowest BCUT2D eigenvalue weighted by atomic mass is 10.1. The van der Waals surface area contributed by atoms with Crippen molar-refractivity contribution in [2.75, 3.05) is 0 Å². The van der Waals surface area contributed by atoms with E-state index in [1.165, 1.54) is 10.9 Å². The summed E-state index contributed by atoms with van der Waals surface area (Å²) in [7, 11) is 0. The van der Waals surface area contributed by atoms with Crippen LogP contribution in [0.4, 0.5) is 0 Å². The molecule has 0 fully saturated rings. The van der Waals surface area contributed by atoms with Gasteiger partial charge in [0.1, 0.15) is 11.8 Å². The van der Waals surface area contributed by atoms with Gasteiger partial charge in [-0.2, -0.15) is 0 Å². The van der Waals surface area contributed by atoms with Crippen molar-refractivity contribution in [2.45, 2.75) is 6.92 Å². The first-order valence-corrected chi connectivity index (χ1v) is 4.53. The van der Waals surface area contributed by atoms with Crippen LogP contribution in [-0.2, 0) is 0 Å². The van der Waals surface area contributed by atoms with Gasteiger partial charge in [-0.05, 0) is 24.6 Å². The lowest BCUT2D eigenvalue weighted by molar-refractivity contribution is 1.34. The van der Waals surface area contributed by atoms with Crippen LogP contribution in [0.5, 0.6) is 0 Å². The van der Waals surface area contributed by atoms with Gasteiger partial charge in [0.05, 0.1) is 11.0 Å². The Kier molecular flexibility index (Phi) is 1.36. The first-order valence-electron chi connectivity index (χ1n) is 4.53. The van der Waals surface area contributed by atoms with Crippen molar-refractivity contribution in [3.8, 4) is 0 Å². The quantitative estimate of drug-likeness (QED) is 0.581. The zero-order valence-electron chi connectivity index (χ0n) is 7.78. The molecule has 0 saturated heterocycles. The fourth-order valence-electron chi connectivity index (χ4n) is 1.82. The molecule has 0 aliphatic carbocycles. The van der Waals surface area contributed by atoms with E-state index in [1.54, 1.807) is 6.33 Å². The van der Waals surface area contributed by atoms with Gasteiger partial charge in [0.2, 0.25) is 0 Å². The third-order valence-corrected chi connectivity index (χ3v) is 2.47. The van der Waals surface area contributed by atoms with Gasteiger partial charge in [-0.1, -0.05) is 6.07 Å². The Labute approximate surface area is 80.8 Å². The molecule has 68 valence electrons. The minimum absolute atomic E-state index is 0.959. The lowest BCUT2D eigenvalue weighted by Crippen LogP contribution is -1.83. The van der Waals surface area contributed by atoms with Gasteiger partial charge in [0, 0.05) is 11.6 Å². The molecule has 0 aliphatic rings. The average molecular weight is 183 g/mol. The molecule has 1 aromatic carbocycles. The number of aromatic nitrogens is 3. The average Bonchev–Trinajstić information content (AvgIpc) is 2.67. The predicted octanol–water partition coefficient (Wildman–Crippen LogP) is 2.42. The number of nitrogens with zero attached hydrogens (tertiary/aromatic N) is 2. The van der Waals surface area contributed by atoms with Gasteiger partial charge in [-0.25, -0.2) is 9.97 Å². The van der Waals surface area contributed by atoms with E-state index in [-0.39, 0.29) is 0 Å². The zero-order valence-corrected chi connectivity index (χ0v) is 7.78. The summed E-state index contributed by atoms with van der Waals surface area (Å²) >= 11 is 0. The molecule has 3 aromatic rings. The summed E-state index contributed by atoms with van der Waals surface area (Å²) in [5.41, 5.74) is 4.18. The molecule has 0 atom stereocenters. The standard InChI is InChI=1S/C11H9N3/c1-7-5-8-3-2-4-12-10(8)11-9(7)13-6-14-11/h2-6,12H,1H3. The summed E-state index contributed by atoms with van der Waals surface area (Å²) in [5, 5.41) is 1.18. The predicted molar refractivity (Wildman–Crippen MR) is 56.1 cm³/mol. The van der Waals surface area contributed by atoms with Crippen molar-refractivity contribution in [1.82, 2.24) is 15.0 Å². The monoisotopic (exact) mass is 183 g/mol. The van der Waals surface area contributed by atoms with Gasteiger partial charge < -0.3 is 4.98 Å². The molecule has 0 spiro atoms. The number of pyridine rings is 1. The van der Waals surface area contributed by atoms with Crippen molar-refractivity contribution in [2.24, 2.45) is 0 Å². The Balaban J connectivity index is 2.66. The summed E-state index contributed by atoms with van der Waals surface area (Å²) in [4.78, 5) is 11.7. The third-order valence-electron chi connectivity index (χ3n) is 2.47. The second-order valence-corrected chi connectivity index (χ2v) is 3.40. The van der Waals surface area contributed by atoms with Gasteiger partial charge in [0.25, 0.3) is 0 Å². The van der Waals surface area contributed by atoms with Crippen LogP contribution in [0.3, 0.4) is 0 Å². The van der Waals surface area contributed by atoms with E-state index in [4.69, 9.17) is 0 Å². The van der Waals surface area contributed by atoms with E-state index in [0.29, 0.717) is 0 Å². The van der Waals surface area contributed by atoms with Crippen LogP contribution in [0.25, 0.3) is 21.9 Å². The Morgan fingerprint density at radius 1 is 1.21 bits per heavy atom. The van der Waals surface area contributed by atoms with Crippen LogP contribution in [0.1, 0.15) is 5.56 Å². The number of aryl methyl sites for hydroxylation is 1. The molecule has 1 N–H and O–H groups in total. The SMILES string of the molecule is Cc1cc2ccc[nH]c2c2ncnc12. The van der Waals surface area contributed by atoms with E-state index in [1.807, 2.05) is 12.3 Å². The smallest absolute Gasteiger partial charge is 0.117 e. The maximum atomic E-state index is 4.27. The number of H-pyrrole nitrogens is 1. The van der Waals surface area contributed by atoms with Crippen LogP contribution in [-0.4, -0.2) is 15.0 Å². The number of imidazole rings is 1. The molecule has 0 radical (unpaired) electrons. The second kappa shape index (κ2) is 2.54. The highest BCUT2D eigenvalue weighted by molar-refractivity contribution is 6.02. The van der Waals surface area contributed by atoms with Crippen LogP contribution in [0, 0.1) is 6.92 Å². The second-order valence-electron chi connectivity index (χ2n) is 3.40. The van der Waals surface area contributed by atoms with Crippen LogP contribution < -0.4 is 0 Å². The highest BCUT2D eigenvalue weighted by Crippen LogP contribution is 2.23. The van der Waals surface area contributed by atoms with Crippen LogP contribution >= 0.6 is 0 Å². The first kappa shape index (κ1) is 7.50. The van der Waals surface area contributed by atoms with E-state index >= 15 is 0 Å². The number of nitrogens with one attached hydrogen (secondary N) is 1. The largest absolute Gasteiger partial charge is 0.359 e. The summed E-state index contributed by atoms with van der Waals surface area (Å²) < 4.78 is 0. The van der Waals surface area contributed by atoms with E-state index in [9.17, 15) is 0 Å². The zero-order chi connectivity index (χ0) is 9.54. The number of benzene rings is 1. The molecule has 0 aliphatic heterocycles. The van der Waals surface area contributed by atoms with Crippen molar-refractivity contribution in [1.29, 1.82) is 0 Å². The molecule has 0 bridgehead atoms. The number of hydrogen-bond acceptors (Lipinski definition) is 2. The van der Waals surface area contributed by atoms with Crippen molar-refractivity contribution in [3.63, 3.8) is 0 Å². The number of hydrogen-bond donors (Lipinski definition) is 1. The highest BCUT2D eigenvalue weighted by atomic mass is 14.9. The van der Waals surface area contributed by atoms with Gasteiger partial charge >= 0.3 is 0 Å². The molecule has 0 unspecified atom stereocenters. The molecule has 2 aromatic heterocycles. The molecule has 0 amide bonds. The van der Waals surface area contributed by atoms with Gasteiger partial charge in [-0.3, -0.25) is 0 Å². The van der Waals surface area contributed by atoms with E-state index in [0.717, 1.165) is 16.6 Å². The summed E-state index contributed by atoms with van der Waals surface area (Å²) in [5.74, 6) is 0. The maximum Gasteiger partial charge on any atom is 0.117 e. The molecule has 3 rings (SSSR count). The van der Waals surface area contributed by atoms with Crippen LogP contribution in [0.2, 0.25) is 0 Å². The minimum Gasteiger partial charge on any atom is -0.359 e. The topological polar surface area (TPSA) is 41.6 Å². The molecule has 2 heterocycles. The summed E-state index contributed by atoms with van der Waals surface area (Å²) in [6.45, 7) is 2.06. The Bertz CT molecular complexity index is 610. The fourth-order valence-corrected chi connectivity index (χ4v) is 1.82. The molecule has 0 saturated carbocycles. The number of rotatable bonds is 0. The third kappa shape index (κ3) is 0.865. The first-order chi connectivity index (χ1) is 6.86. The Morgan fingerprint density at radius 2 is 2.07 bits per heavy atom. The minimum atomic E-state index is 0.959. The normalized spacial score (nSPS) is 11.2. The Morgan fingerprint density at radius 3 is 3.00 bits per heavy atom. The van der Waals surface area contributed by atoms with Crippen LogP contribution in [0.15, 0.2) is 30.7 Å². The molecule has 3 heteroatoms. The number of aromatic amines is 1. The molecular formula is C11H9N3. The van der Waals surface area contributed by atoms with E-state index < -0.39 is 0 Å².